The van der Waals surface area contributed by atoms with Crippen LogP contribution >= 0.6 is 11.6 Å². The summed E-state index contributed by atoms with van der Waals surface area (Å²) >= 11 is 5.88. The fourth-order valence-corrected chi connectivity index (χ4v) is 3.08. The standard InChI is InChI=1S/C11H13ClN4O2S/c1-2-16-8-13-15-11(16)7-14-19(17,18)10-6-4-3-5-9(10)12/h3-6,8,14H,2,7H2,1H3. The molecule has 0 atom stereocenters. The zero-order valence-corrected chi connectivity index (χ0v) is 11.8. The van der Waals surface area contributed by atoms with Crippen LogP contribution in [0.4, 0.5) is 0 Å². The second-order valence-corrected chi connectivity index (χ2v) is 5.93. The summed E-state index contributed by atoms with van der Waals surface area (Å²) in [5.41, 5.74) is 0. The smallest absolute Gasteiger partial charge is 0.242 e. The van der Waals surface area contributed by atoms with E-state index in [-0.39, 0.29) is 16.5 Å². The molecule has 0 aliphatic carbocycles. The van der Waals surface area contributed by atoms with Crippen molar-refractivity contribution in [1.29, 1.82) is 0 Å². The highest BCUT2D eigenvalue weighted by Gasteiger charge is 2.17. The van der Waals surface area contributed by atoms with Crippen LogP contribution in [0.2, 0.25) is 5.02 Å². The fraction of sp³-hybridized carbons (Fsp3) is 0.273. The molecular formula is C11H13ClN4O2S. The van der Waals surface area contributed by atoms with Gasteiger partial charge in [0.15, 0.2) is 0 Å². The first kappa shape index (κ1) is 14.0. The molecule has 1 N–H and O–H groups in total. The maximum atomic E-state index is 12.1. The van der Waals surface area contributed by atoms with E-state index in [4.69, 9.17) is 11.6 Å². The van der Waals surface area contributed by atoms with E-state index in [2.05, 4.69) is 14.9 Å². The zero-order chi connectivity index (χ0) is 13.9. The molecule has 2 aromatic rings. The quantitative estimate of drug-likeness (QED) is 0.906. The molecule has 0 unspecified atom stereocenters. The molecule has 0 aliphatic rings. The number of nitrogens with zero attached hydrogens (tertiary/aromatic N) is 3. The number of aromatic nitrogens is 3. The lowest BCUT2D eigenvalue weighted by Crippen LogP contribution is -2.25. The topological polar surface area (TPSA) is 76.9 Å². The van der Waals surface area contributed by atoms with E-state index < -0.39 is 10.0 Å². The van der Waals surface area contributed by atoms with Crippen LogP contribution in [0.5, 0.6) is 0 Å². The van der Waals surface area contributed by atoms with E-state index in [1.54, 1.807) is 23.0 Å². The van der Waals surface area contributed by atoms with Crippen LogP contribution in [-0.2, 0) is 23.1 Å². The Morgan fingerprint density at radius 3 is 2.79 bits per heavy atom. The summed E-state index contributed by atoms with van der Waals surface area (Å²) in [6.45, 7) is 2.67. The summed E-state index contributed by atoms with van der Waals surface area (Å²) in [5.74, 6) is 0.554. The van der Waals surface area contributed by atoms with E-state index >= 15 is 0 Å². The normalized spacial score (nSPS) is 11.7. The number of nitrogens with one attached hydrogen (secondary N) is 1. The van der Waals surface area contributed by atoms with Crippen molar-refractivity contribution in [3.8, 4) is 0 Å². The Kier molecular flexibility index (Phi) is 4.18. The van der Waals surface area contributed by atoms with Crippen LogP contribution in [0.25, 0.3) is 0 Å². The average Bonchev–Trinajstić information content (AvgIpc) is 2.84. The number of sulfonamides is 1. The molecule has 19 heavy (non-hydrogen) atoms. The molecular weight excluding hydrogens is 288 g/mol. The van der Waals surface area contributed by atoms with Gasteiger partial charge in [0, 0.05) is 6.54 Å². The second kappa shape index (κ2) is 5.68. The Morgan fingerprint density at radius 2 is 2.11 bits per heavy atom. The summed E-state index contributed by atoms with van der Waals surface area (Å²) in [4.78, 5) is 0.0548. The van der Waals surface area contributed by atoms with Gasteiger partial charge in [0.05, 0.1) is 11.6 Å². The third-order valence-corrected chi connectivity index (χ3v) is 4.48. The predicted molar refractivity (Wildman–Crippen MR) is 71.2 cm³/mol. The Morgan fingerprint density at radius 1 is 1.37 bits per heavy atom. The number of hydrogen-bond donors (Lipinski definition) is 1. The molecule has 0 fully saturated rings. The van der Waals surface area contributed by atoms with Crippen LogP contribution < -0.4 is 4.72 Å². The molecule has 0 spiro atoms. The van der Waals surface area contributed by atoms with E-state index in [1.165, 1.54) is 12.1 Å². The van der Waals surface area contributed by atoms with Gasteiger partial charge in [-0.1, -0.05) is 23.7 Å². The monoisotopic (exact) mass is 300 g/mol. The second-order valence-electron chi connectivity index (χ2n) is 3.79. The number of rotatable bonds is 5. The van der Waals surface area contributed by atoms with Crippen molar-refractivity contribution >= 4 is 21.6 Å². The van der Waals surface area contributed by atoms with Gasteiger partial charge in [0.25, 0.3) is 0 Å². The molecule has 102 valence electrons. The van der Waals surface area contributed by atoms with Gasteiger partial charge >= 0.3 is 0 Å². The Hall–Kier alpha value is -1.44. The molecule has 0 radical (unpaired) electrons. The Balaban J connectivity index is 2.17. The molecule has 1 heterocycles. The predicted octanol–water partition coefficient (Wildman–Crippen LogP) is 1.43. The molecule has 6 nitrogen and oxygen atoms in total. The molecule has 2 rings (SSSR count). The molecule has 0 aliphatic heterocycles. The van der Waals surface area contributed by atoms with Gasteiger partial charge in [0.1, 0.15) is 17.0 Å². The number of hydrogen-bond acceptors (Lipinski definition) is 4. The maximum Gasteiger partial charge on any atom is 0.242 e. The number of halogens is 1. The Bertz CT molecular complexity index is 669. The van der Waals surface area contributed by atoms with Gasteiger partial charge in [-0.25, -0.2) is 13.1 Å². The van der Waals surface area contributed by atoms with Crippen LogP contribution in [0, 0.1) is 0 Å². The molecule has 0 bridgehead atoms. The summed E-state index contributed by atoms with van der Waals surface area (Å²) in [6, 6.07) is 6.28. The molecule has 0 saturated carbocycles. The first-order valence-corrected chi connectivity index (χ1v) is 7.51. The SMILES string of the molecule is CCn1cnnc1CNS(=O)(=O)c1ccccc1Cl. The maximum absolute atomic E-state index is 12.1. The fourth-order valence-electron chi connectivity index (χ4n) is 1.58. The number of benzene rings is 1. The highest BCUT2D eigenvalue weighted by Crippen LogP contribution is 2.20. The van der Waals surface area contributed by atoms with Crippen molar-refractivity contribution in [2.75, 3.05) is 0 Å². The van der Waals surface area contributed by atoms with Crippen molar-refractivity contribution in [3.63, 3.8) is 0 Å². The minimum atomic E-state index is -3.66. The largest absolute Gasteiger partial charge is 0.317 e. The van der Waals surface area contributed by atoms with Gasteiger partial charge in [-0.15, -0.1) is 10.2 Å². The average molecular weight is 301 g/mol. The van der Waals surface area contributed by atoms with E-state index in [1.807, 2.05) is 6.92 Å². The first-order valence-electron chi connectivity index (χ1n) is 5.65. The van der Waals surface area contributed by atoms with Crippen LogP contribution in [-0.4, -0.2) is 23.2 Å². The molecule has 0 saturated heterocycles. The van der Waals surface area contributed by atoms with E-state index in [9.17, 15) is 8.42 Å². The van der Waals surface area contributed by atoms with Gasteiger partial charge < -0.3 is 4.57 Å². The minimum Gasteiger partial charge on any atom is -0.317 e. The molecule has 1 aromatic heterocycles. The summed E-state index contributed by atoms with van der Waals surface area (Å²) in [7, 11) is -3.66. The number of aryl methyl sites for hydroxylation is 1. The van der Waals surface area contributed by atoms with E-state index in [0.717, 1.165) is 0 Å². The summed E-state index contributed by atoms with van der Waals surface area (Å²) < 4.78 is 28.4. The minimum absolute atomic E-state index is 0.0548. The lowest BCUT2D eigenvalue weighted by molar-refractivity contribution is 0.575. The summed E-state index contributed by atoms with van der Waals surface area (Å²) in [5, 5.41) is 7.78. The molecule has 8 heteroatoms. The van der Waals surface area contributed by atoms with Crippen molar-refractivity contribution in [3.05, 3.63) is 41.4 Å². The molecule has 1 aromatic carbocycles. The van der Waals surface area contributed by atoms with Gasteiger partial charge in [-0.2, -0.15) is 0 Å². The third-order valence-electron chi connectivity index (χ3n) is 2.58. The third kappa shape index (κ3) is 3.12. The van der Waals surface area contributed by atoms with Crippen molar-refractivity contribution in [2.24, 2.45) is 0 Å². The Labute approximate surface area is 116 Å². The highest BCUT2D eigenvalue weighted by molar-refractivity contribution is 7.89. The van der Waals surface area contributed by atoms with Crippen molar-refractivity contribution in [2.45, 2.75) is 24.9 Å². The van der Waals surface area contributed by atoms with Crippen molar-refractivity contribution < 1.29 is 8.42 Å². The van der Waals surface area contributed by atoms with E-state index in [0.29, 0.717) is 12.4 Å². The van der Waals surface area contributed by atoms with Crippen LogP contribution in [0.3, 0.4) is 0 Å². The van der Waals surface area contributed by atoms with Crippen LogP contribution in [0.1, 0.15) is 12.7 Å². The molecule has 0 amide bonds. The lowest BCUT2D eigenvalue weighted by atomic mass is 10.4. The van der Waals surface area contributed by atoms with Crippen LogP contribution in [0.15, 0.2) is 35.5 Å². The van der Waals surface area contributed by atoms with Gasteiger partial charge in [-0.05, 0) is 19.1 Å². The highest BCUT2D eigenvalue weighted by atomic mass is 35.5. The summed E-state index contributed by atoms with van der Waals surface area (Å²) in [6.07, 6.45) is 1.55. The zero-order valence-electron chi connectivity index (χ0n) is 10.2. The first-order chi connectivity index (χ1) is 9.04. The van der Waals surface area contributed by atoms with Gasteiger partial charge in [0.2, 0.25) is 10.0 Å². The van der Waals surface area contributed by atoms with Gasteiger partial charge in [-0.3, -0.25) is 0 Å². The van der Waals surface area contributed by atoms with Crippen molar-refractivity contribution in [1.82, 2.24) is 19.5 Å². The lowest BCUT2D eigenvalue weighted by Gasteiger charge is -2.08.